The van der Waals surface area contributed by atoms with Crippen molar-refractivity contribution >= 4 is 29.2 Å². The summed E-state index contributed by atoms with van der Waals surface area (Å²) >= 11 is 6.03. The quantitative estimate of drug-likeness (QED) is 0.279. The van der Waals surface area contributed by atoms with Crippen LogP contribution in [0.2, 0.25) is 5.02 Å². The van der Waals surface area contributed by atoms with Crippen molar-refractivity contribution in [1.82, 2.24) is 9.97 Å². The van der Waals surface area contributed by atoms with Gasteiger partial charge >= 0.3 is 0 Å². The second-order valence-corrected chi connectivity index (χ2v) is 3.38. The lowest BCUT2D eigenvalue weighted by molar-refractivity contribution is 0.311. The number of aliphatic hydroxyl groups is 2. The van der Waals surface area contributed by atoms with Gasteiger partial charge in [-0.05, 0) is 0 Å². The molecule has 0 aliphatic rings. The molecule has 0 saturated carbocycles. The van der Waals surface area contributed by atoms with Gasteiger partial charge in [0.2, 0.25) is 5.95 Å². The summed E-state index contributed by atoms with van der Waals surface area (Å²) < 4.78 is 0. The highest BCUT2D eigenvalue weighted by Crippen LogP contribution is 2.27. The Morgan fingerprint density at radius 3 is 1.88 bits per heavy atom. The highest BCUT2D eigenvalue weighted by atomic mass is 35.5. The molecule has 0 saturated heterocycles. The molecule has 0 spiro atoms. The molecule has 0 bridgehead atoms. The number of rotatable bonds is 7. The standard InChI is InChI=1S/C8H15ClN6O2/c9-5-6(11-1-3-16)13-8(15-10)14-7(5)12-2-4-17/h16-17H,1-4,10H2,(H3,11,12,13,14,15). The predicted octanol–water partition coefficient (Wildman–Crippen LogP) is -0.776. The Balaban J connectivity index is 2.94. The minimum Gasteiger partial charge on any atom is -0.395 e. The lowest BCUT2D eigenvalue weighted by atomic mass is 10.4. The Hall–Kier alpha value is -1.35. The van der Waals surface area contributed by atoms with Crippen molar-refractivity contribution in [3.63, 3.8) is 0 Å². The van der Waals surface area contributed by atoms with Crippen molar-refractivity contribution in [3.8, 4) is 0 Å². The van der Waals surface area contributed by atoms with Gasteiger partial charge in [0, 0.05) is 13.1 Å². The first-order chi connectivity index (χ1) is 8.22. The van der Waals surface area contributed by atoms with Crippen LogP contribution in [0.25, 0.3) is 0 Å². The van der Waals surface area contributed by atoms with E-state index in [-0.39, 0.29) is 24.2 Å². The van der Waals surface area contributed by atoms with Crippen LogP contribution in [-0.2, 0) is 0 Å². The third-order valence-corrected chi connectivity index (χ3v) is 2.15. The van der Waals surface area contributed by atoms with Crippen LogP contribution in [0.15, 0.2) is 0 Å². The minimum absolute atomic E-state index is 0.0505. The molecular weight excluding hydrogens is 248 g/mol. The maximum Gasteiger partial charge on any atom is 0.241 e. The number of nitrogens with one attached hydrogen (secondary N) is 3. The van der Waals surface area contributed by atoms with Gasteiger partial charge in [0.15, 0.2) is 11.6 Å². The maximum absolute atomic E-state index is 8.72. The van der Waals surface area contributed by atoms with Crippen LogP contribution in [-0.4, -0.2) is 46.5 Å². The van der Waals surface area contributed by atoms with Gasteiger partial charge in [0.05, 0.1) is 13.2 Å². The fourth-order valence-electron chi connectivity index (χ4n) is 1.09. The molecular formula is C8H15ClN6O2. The van der Waals surface area contributed by atoms with E-state index < -0.39 is 0 Å². The minimum atomic E-state index is -0.0505. The highest BCUT2D eigenvalue weighted by Gasteiger charge is 2.11. The predicted molar refractivity (Wildman–Crippen MR) is 66.0 cm³/mol. The highest BCUT2D eigenvalue weighted by molar-refractivity contribution is 6.35. The Kier molecular flexibility index (Phi) is 5.70. The monoisotopic (exact) mass is 262 g/mol. The molecule has 1 aromatic rings. The van der Waals surface area contributed by atoms with Gasteiger partial charge in [-0.2, -0.15) is 9.97 Å². The Morgan fingerprint density at radius 1 is 1.06 bits per heavy atom. The van der Waals surface area contributed by atoms with Crippen molar-refractivity contribution in [2.24, 2.45) is 5.84 Å². The van der Waals surface area contributed by atoms with Crippen molar-refractivity contribution < 1.29 is 10.2 Å². The number of nitrogens with two attached hydrogens (primary N) is 1. The maximum atomic E-state index is 8.72. The number of anilines is 3. The van der Waals surface area contributed by atoms with Crippen LogP contribution in [0.3, 0.4) is 0 Å². The molecule has 1 heterocycles. The van der Waals surface area contributed by atoms with Crippen LogP contribution in [0.5, 0.6) is 0 Å². The van der Waals surface area contributed by atoms with Crippen molar-refractivity contribution in [2.75, 3.05) is 42.4 Å². The van der Waals surface area contributed by atoms with Gasteiger partial charge in [-0.15, -0.1) is 0 Å². The first-order valence-electron chi connectivity index (χ1n) is 4.96. The fraction of sp³-hybridized carbons (Fsp3) is 0.500. The van der Waals surface area contributed by atoms with Crippen LogP contribution in [0.1, 0.15) is 0 Å². The summed E-state index contributed by atoms with van der Waals surface area (Å²) in [6.07, 6.45) is 0. The van der Waals surface area contributed by atoms with Crippen molar-refractivity contribution in [2.45, 2.75) is 0 Å². The van der Waals surface area contributed by atoms with Crippen molar-refractivity contribution in [3.05, 3.63) is 5.02 Å². The normalized spacial score (nSPS) is 10.1. The summed E-state index contributed by atoms with van der Waals surface area (Å²) in [5, 5.41) is 23.4. The number of nitrogens with zero attached hydrogens (tertiary/aromatic N) is 2. The molecule has 0 aliphatic heterocycles. The summed E-state index contributed by atoms with van der Waals surface area (Å²) in [6, 6.07) is 0. The van der Waals surface area contributed by atoms with Crippen LogP contribution in [0.4, 0.5) is 17.6 Å². The van der Waals surface area contributed by atoms with Crippen molar-refractivity contribution in [1.29, 1.82) is 0 Å². The van der Waals surface area contributed by atoms with Gasteiger partial charge in [-0.1, -0.05) is 11.6 Å². The summed E-state index contributed by atoms with van der Waals surface area (Å²) in [5.41, 5.74) is 2.30. The zero-order valence-corrected chi connectivity index (χ0v) is 9.83. The topological polar surface area (TPSA) is 128 Å². The van der Waals surface area contributed by atoms with E-state index in [0.29, 0.717) is 24.7 Å². The molecule has 9 heteroatoms. The largest absolute Gasteiger partial charge is 0.395 e. The summed E-state index contributed by atoms with van der Waals surface area (Å²) in [5.74, 6) is 6.10. The van der Waals surface area contributed by atoms with Crippen LogP contribution < -0.4 is 21.9 Å². The number of nitrogen functional groups attached to an aromatic ring is 1. The SMILES string of the molecule is NNc1nc(NCCO)c(Cl)c(NCCO)n1. The summed E-state index contributed by atoms with van der Waals surface area (Å²) in [7, 11) is 0. The van der Waals surface area contributed by atoms with E-state index in [1.54, 1.807) is 0 Å². The lowest BCUT2D eigenvalue weighted by Gasteiger charge is -2.12. The molecule has 17 heavy (non-hydrogen) atoms. The zero-order chi connectivity index (χ0) is 12.7. The van der Waals surface area contributed by atoms with E-state index in [1.807, 2.05) is 0 Å². The molecule has 0 unspecified atom stereocenters. The van der Waals surface area contributed by atoms with E-state index in [2.05, 4.69) is 26.0 Å². The van der Waals surface area contributed by atoms with Gasteiger partial charge in [0.1, 0.15) is 5.02 Å². The van der Waals surface area contributed by atoms with Gasteiger partial charge in [-0.3, -0.25) is 5.43 Å². The fourth-order valence-corrected chi connectivity index (χ4v) is 1.31. The molecule has 0 amide bonds. The molecule has 0 aromatic carbocycles. The first kappa shape index (κ1) is 13.7. The zero-order valence-electron chi connectivity index (χ0n) is 9.07. The third kappa shape index (κ3) is 3.86. The third-order valence-electron chi connectivity index (χ3n) is 1.79. The second kappa shape index (κ2) is 7.07. The van der Waals surface area contributed by atoms with Gasteiger partial charge < -0.3 is 20.8 Å². The number of aromatic nitrogens is 2. The number of aliphatic hydroxyl groups excluding tert-OH is 2. The smallest absolute Gasteiger partial charge is 0.241 e. The average molecular weight is 263 g/mol. The number of hydrogen-bond donors (Lipinski definition) is 6. The van der Waals surface area contributed by atoms with Gasteiger partial charge in [0.25, 0.3) is 0 Å². The van der Waals surface area contributed by atoms with E-state index in [9.17, 15) is 0 Å². The Morgan fingerprint density at radius 2 is 1.53 bits per heavy atom. The number of halogens is 1. The Labute approximate surface area is 103 Å². The lowest BCUT2D eigenvalue weighted by Crippen LogP contribution is -2.16. The van der Waals surface area contributed by atoms with E-state index in [0.717, 1.165) is 0 Å². The van der Waals surface area contributed by atoms with Gasteiger partial charge in [-0.25, -0.2) is 5.84 Å². The van der Waals surface area contributed by atoms with Crippen LogP contribution >= 0.6 is 11.6 Å². The van der Waals surface area contributed by atoms with Crippen LogP contribution in [0, 0.1) is 0 Å². The number of hydrogen-bond acceptors (Lipinski definition) is 8. The van der Waals surface area contributed by atoms with E-state index in [1.165, 1.54) is 0 Å². The molecule has 0 radical (unpaired) electrons. The summed E-state index contributed by atoms with van der Waals surface area (Å²) in [4.78, 5) is 7.99. The molecule has 7 N–H and O–H groups in total. The molecule has 0 fully saturated rings. The van der Waals surface area contributed by atoms with E-state index >= 15 is 0 Å². The molecule has 8 nitrogen and oxygen atoms in total. The molecule has 1 rings (SSSR count). The first-order valence-corrected chi connectivity index (χ1v) is 5.34. The molecule has 0 atom stereocenters. The molecule has 0 aliphatic carbocycles. The summed E-state index contributed by atoms with van der Waals surface area (Å²) in [6.45, 7) is 0.511. The molecule has 96 valence electrons. The molecule has 1 aromatic heterocycles. The van der Waals surface area contributed by atoms with E-state index in [4.69, 9.17) is 27.7 Å². The Bertz CT molecular complexity index is 335. The average Bonchev–Trinajstić information content (AvgIpc) is 2.36. The number of hydrazine groups is 1. The second-order valence-electron chi connectivity index (χ2n) is 3.00.